The van der Waals surface area contributed by atoms with Gasteiger partial charge in [-0.2, -0.15) is 0 Å². The molecule has 1 aliphatic heterocycles. The first-order valence-corrected chi connectivity index (χ1v) is 8.01. The van der Waals surface area contributed by atoms with Crippen molar-refractivity contribution in [3.8, 4) is 0 Å². The number of nitrogens with zero attached hydrogens (tertiary/aromatic N) is 2. The van der Waals surface area contributed by atoms with Gasteiger partial charge in [0.1, 0.15) is 0 Å². The molecule has 1 aliphatic rings. The maximum Gasteiger partial charge on any atom is 0.237 e. The quantitative estimate of drug-likeness (QED) is 0.906. The molecule has 1 saturated heterocycles. The fraction of sp³-hybridized carbons (Fsp3) is 0.647. The van der Waals surface area contributed by atoms with E-state index in [2.05, 4.69) is 29.0 Å². The molecule has 0 saturated carbocycles. The summed E-state index contributed by atoms with van der Waals surface area (Å²) in [6.45, 7) is 8.87. The molecule has 1 aromatic heterocycles. The summed E-state index contributed by atoms with van der Waals surface area (Å²) >= 11 is 0. The lowest BCUT2D eigenvalue weighted by Gasteiger charge is -2.35. The topological polar surface area (TPSA) is 45.2 Å². The van der Waals surface area contributed by atoms with Crippen LogP contribution in [0.25, 0.3) is 0 Å². The first kappa shape index (κ1) is 16.0. The summed E-state index contributed by atoms with van der Waals surface area (Å²) in [5, 5.41) is 3.08. The van der Waals surface area contributed by atoms with E-state index in [-0.39, 0.29) is 11.9 Å². The van der Waals surface area contributed by atoms with Crippen molar-refractivity contribution < 1.29 is 4.79 Å². The van der Waals surface area contributed by atoms with Crippen LogP contribution in [-0.2, 0) is 11.3 Å². The highest BCUT2D eigenvalue weighted by Gasteiger charge is 2.29. The Morgan fingerprint density at radius 1 is 1.29 bits per heavy atom. The van der Waals surface area contributed by atoms with E-state index in [1.54, 1.807) is 0 Å². The van der Waals surface area contributed by atoms with E-state index in [1.165, 1.54) is 19.3 Å². The van der Waals surface area contributed by atoms with E-state index in [9.17, 15) is 4.79 Å². The Kier molecular flexibility index (Phi) is 5.74. The molecular formula is C17H27N3O. The molecule has 1 amide bonds. The van der Waals surface area contributed by atoms with Crippen molar-refractivity contribution in [2.45, 2.75) is 52.6 Å². The number of rotatable bonds is 5. The minimum atomic E-state index is -0.0105. The summed E-state index contributed by atoms with van der Waals surface area (Å²) in [5.74, 6) is 0.478. The molecular weight excluding hydrogens is 262 g/mol. The van der Waals surface area contributed by atoms with Crippen molar-refractivity contribution in [3.05, 3.63) is 29.6 Å². The van der Waals surface area contributed by atoms with Crippen molar-refractivity contribution in [2.75, 3.05) is 13.1 Å². The first-order valence-electron chi connectivity index (χ1n) is 8.01. The number of carbonyl (C=O) groups is 1. The Bertz CT molecular complexity index is 450. The third kappa shape index (κ3) is 4.53. The van der Waals surface area contributed by atoms with Crippen molar-refractivity contribution in [2.24, 2.45) is 5.92 Å². The number of amides is 1. The maximum atomic E-state index is 12.6. The van der Waals surface area contributed by atoms with Gasteiger partial charge in [0.15, 0.2) is 0 Å². The molecule has 21 heavy (non-hydrogen) atoms. The molecule has 2 rings (SSSR count). The van der Waals surface area contributed by atoms with Gasteiger partial charge in [0.25, 0.3) is 0 Å². The van der Waals surface area contributed by atoms with Crippen LogP contribution in [-0.4, -0.2) is 34.9 Å². The summed E-state index contributed by atoms with van der Waals surface area (Å²) in [7, 11) is 0. The van der Waals surface area contributed by atoms with Crippen molar-refractivity contribution >= 4 is 5.91 Å². The van der Waals surface area contributed by atoms with E-state index in [4.69, 9.17) is 0 Å². The van der Waals surface area contributed by atoms with Gasteiger partial charge in [-0.15, -0.1) is 0 Å². The fourth-order valence-electron chi connectivity index (χ4n) is 2.98. The molecule has 0 spiro atoms. The van der Waals surface area contributed by atoms with E-state index >= 15 is 0 Å². The number of aryl methyl sites for hydroxylation is 1. The van der Waals surface area contributed by atoms with Crippen LogP contribution >= 0.6 is 0 Å². The highest BCUT2D eigenvalue weighted by atomic mass is 16.2. The standard InChI is InChI=1S/C17H27N3O/c1-13(2)16(20-9-5-4-6-10-20)17(21)19-12-15-8-7-14(3)18-11-15/h7-8,11,13,16H,4-6,9-10,12H2,1-3H3,(H,19,21). The van der Waals surface area contributed by atoms with Gasteiger partial charge in [-0.1, -0.05) is 26.3 Å². The highest BCUT2D eigenvalue weighted by molar-refractivity contribution is 5.82. The first-order chi connectivity index (χ1) is 10.1. The van der Waals surface area contributed by atoms with Gasteiger partial charge in [-0.3, -0.25) is 14.7 Å². The van der Waals surface area contributed by atoms with E-state index < -0.39 is 0 Å². The van der Waals surface area contributed by atoms with Crippen LogP contribution < -0.4 is 5.32 Å². The molecule has 1 atom stereocenters. The zero-order valence-corrected chi connectivity index (χ0v) is 13.4. The second-order valence-corrected chi connectivity index (χ2v) is 6.31. The van der Waals surface area contributed by atoms with Gasteiger partial charge < -0.3 is 5.32 Å². The SMILES string of the molecule is Cc1ccc(CNC(=O)C(C(C)C)N2CCCCC2)cn1. The zero-order valence-electron chi connectivity index (χ0n) is 13.4. The lowest BCUT2D eigenvalue weighted by molar-refractivity contribution is -0.128. The number of carbonyl (C=O) groups excluding carboxylic acids is 1. The molecule has 116 valence electrons. The van der Waals surface area contributed by atoms with Crippen LogP contribution in [0, 0.1) is 12.8 Å². The smallest absolute Gasteiger partial charge is 0.237 e. The Labute approximate surface area is 127 Å². The zero-order chi connectivity index (χ0) is 15.2. The number of likely N-dealkylation sites (tertiary alicyclic amines) is 1. The molecule has 0 bridgehead atoms. The number of nitrogens with one attached hydrogen (secondary N) is 1. The van der Waals surface area contributed by atoms with E-state index in [0.29, 0.717) is 12.5 Å². The molecule has 0 radical (unpaired) electrons. The Morgan fingerprint density at radius 3 is 2.57 bits per heavy atom. The molecule has 0 aromatic carbocycles. The Balaban J connectivity index is 1.93. The number of hydrogen-bond donors (Lipinski definition) is 1. The van der Waals surface area contributed by atoms with Crippen LogP contribution in [0.3, 0.4) is 0 Å². The summed E-state index contributed by atoms with van der Waals surface area (Å²) < 4.78 is 0. The third-order valence-corrected chi connectivity index (χ3v) is 4.12. The molecule has 1 aromatic rings. The van der Waals surface area contributed by atoms with Gasteiger partial charge in [0.2, 0.25) is 5.91 Å². The number of hydrogen-bond acceptors (Lipinski definition) is 3. The number of piperidine rings is 1. The minimum absolute atomic E-state index is 0.0105. The maximum absolute atomic E-state index is 12.6. The molecule has 4 nitrogen and oxygen atoms in total. The highest BCUT2D eigenvalue weighted by Crippen LogP contribution is 2.18. The molecule has 1 unspecified atom stereocenters. The van der Waals surface area contributed by atoms with Crippen molar-refractivity contribution in [1.82, 2.24) is 15.2 Å². The third-order valence-electron chi connectivity index (χ3n) is 4.12. The molecule has 4 heteroatoms. The monoisotopic (exact) mass is 289 g/mol. The molecule has 2 heterocycles. The minimum Gasteiger partial charge on any atom is -0.351 e. The van der Waals surface area contributed by atoms with Crippen molar-refractivity contribution in [1.29, 1.82) is 0 Å². The second-order valence-electron chi connectivity index (χ2n) is 6.31. The molecule has 0 aliphatic carbocycles. The van der Waals surface area contributed by atoms with Gasteiger partial charge in [0, 0.05) is 18.4 Å². The van der Waals surface area contributed by atoms with E-state index in [0.717, 1.165) is 24.3 Å². The average Bonchev–Trinajstić information content (AvgIpc) is 2.47. The fourth-order valence-corrected chi connectivity index (χ4v) is 2.98. The summed E-state index contributed by atoms with van der Waals surface area (Å²) in [6.07, 6.45) is 5.54. The lowest BCUT2D eigenvalue weighted by Crippen LogP contribution is -2.51. The van der Waals surface area contributed by atoms with Gasteiger partial charge in [-0.05, 0) is 50.4 Å². The number of pyridine rings is 1. The van der Waals surface area contributed by atoms with Gasteiger partial charge in [0.05, 0.1) is 6.04 Å². The Morgan fingerprint density at radius 2 is 2.00 bits per heavy atom. The van der Waals surface area contributed by atoms with Crippen LogP contribution in [0.1, 0.15) is 44.4 Å². The van der Waals surface area contributed by atoms with Gasteiger partial charge in [-0.25, -0.2) is 0 Å². The predicted octanol–water partition coefficient (Wildman–Crippen LogP) is 2.52. The van der Waals surface area contributed by atoms with Crippen LogP contribution in [0.15, 0.2) is 18.3 Å². The van der Waals surface area contributed by atoms with E-state index in [1.807, 2.05) is 25.3 Å². The van der Waals surface area contributed by atoms with Gasteiger partial charge >= 0.3 is 0 Å². The molecule has 1 fully saturated rings. The predicted molar refractivity (Wildman–Crippen MR) is 84.9 cm³/mol. The largest absolute Gasteiger partial charge is 0.351 e. The van der Waals surface area contributed by atoms with Crippen LogP contribution in [0.5, 0.6) is 0 Å². The van der Waals surface area contributed by atoms with Crippen molar-refractivity contribution in [3.63, 3.8) is 0 Å². The summed E-state index contributed by atoms with van der Waals surface area (Å²) in [6, 6.07) is 3.99. The molecule has 1 N–H and O–H groups in total. The summed E-state index contributed by atoms with van der Waals surface area (Å²) in [5.41, 5.74) is 2.05. The second kappa shape index (κ2) is 7.55. The van der Waals surface area contributed by atoms with Crippen LogP contribution in [0.2, 0.25) is 0 Å². The number of aromatic nitrogens is 1. The normalized spacial score (nSPS) is 17.7. The lowest BCUT2D eigenvalue weighted by atomic mass is 9.98. The average molecular weight is 289 g/mol. The Hall–Kier alpha value is -1.42. The summed E-state index contributed by atoms with van der Waals surface area (Å²) in [4.78, 5) is 19.2. The van der Waals surface area contributed by atoms with Crippen LogP contribution in [0.4, 0.5) is 0 Å².